The molecular formula is C43H58N4O7. The van der Waals surface area contributed by atoms with E-state index in [0.717, 1.165) is 49.7 Å². The number of terminal acetylenes is 1. The summed E-state index contributed by atoms with van der Waals surface area (Å²) in [6, 6.07) is 6.65. The smallest absolute Gasteiger partial charge is 0.257 e. The van der Waals surface area contributed by atoms with E-state index < -0.39 is 6.23 Å². The van der Waals surface area contributed by atoms with Gasteiger partial charge in [0.05, 0.1) is 62.0 Å². The molecule has 2 aromatic carbocycles. The Kier molecular flexibility index (Phi) is 15.0. The number of anilines is 1. The number of nitrogens with zero attached hydrogens (tertiary/aromatic N) is 4. The summed E-state index contributed by atoms with van der Waals surface area (Å²) in [5.41, 5.74) is 4.19. The number of fused-ring (bicyclic) bond motifs is 4. The number of hydrogen-bond donors (Lipinski definition) is 1. The highest BCUT2D eigenvalue weighted by atomic mass is 16.5. The largest absolute Gasteiger partial charge is 0.493 e. The van der Waals surface area contributed by atoms with Crippen LogP contribution < -0.4 is 23.8 Å². The molecule has 0 aromatic heterocycles. The van der Waals surface area contributed by atoms with Crippen molar-refractivity contribution in [3.8, 4) is 35.8 Å². The van der Waals surface area contributed by atoms with Crippen molar-refractivity contribution < 1.29 is 33.6 Å². The fraction of sp³-hybridized carbons (Fsp3) is 0.512. The average molecular weight is 743 g/mol. The number of aliphatic imine (C=N–C) groups is 1. The lowest BCUT2D eigenvalue weighted by molar-refractivity contribution is 0.0490. The van der Waals surface area contributed by atoms with Gasteiger partial charge in [-0.1, -0.05) is 57.9 Å². The van der Waals surface area contributed by atoms with E-state index in [1.165, 1.54) is 6.42 Å². The fourth-order valence-corrected chi connectivity index (χ4v) is 7.41. The summed E-state index contributed by atoms with van der Waals surface area (Å²) >= 11 is 0. The average Bonchev–Trinajstić information content (AvgIpc) is 3.70. The molecule has 0 spiro atoms. The van der Waals surface area contributed by atoms with Crippen LogP contribution >= 0.6 is 0 Å². The second-order valence-corrected chi connectivity index (χ2v) is 14.2. The van der Waals surface area contributed by atoms with Gasteiger partial charge in [-0.15, -0.1) is 12.8 Å². The third-order valence-corrected chi connectivity index (χ3v) is 9.91. The van der Waals surface area contributed by atoms with Crippen molar-refractivity contribution >= 4 is 29.4 Å². The highest BCUT2D eigenvalue weighted by molar-refractivity contribution is 6.04. The Hall–Kier alpha value is -4.95. The third-order valence-electron chi connectivity index (χ3n) is 9.91. The van der Waals surface area contributed by atoms with E-state index in [-0.39, 0.29) is 29.9 Å². The van der Waals surface area contributed by atoms with Gasteiger partial charge in [-0.25, -0.2) is 0 Å². The van der Waals surface area contributed by atoms with E-state index in [9.17, 15) is 14.7 Å². The van der Waals surface area contributed by atoms with Gasteiger partial charge in [0.2, 0.25) is 0 Å². The number of amides is 2. The molecule has 4 aliphatic rings. The summed E-state index contributed by atoms with van der Waals surface area (Å²) in [6.45, 7) is 18.5. The van der Waals surface area contributed by atoms with Gasteiger partial charge < -0.3 is 38.8 Å². The maximum absolute atomic E-state index is 13.8. The normalized spacial score (nSPS) is 20.2. The maximum atomic E-state index is 13.8. The van der Waals surface area contributed by atoms with Crippen LogP contribution in [0.1, 0.15) is 99.8 Å². The van der Waals surface area contributed by atoms with Crippen molar-refractivity contribution in [2.45, 2.75) is 103 Å². The Balaban J connectivity index is 0.00000124. The van der Waals surface area contributed by atoms with Crippen molar-refractivity contribution in [1.82, 2.24) is 9.80 Å². The van der Waals surface area contributed by atoms with E-state index in [2.05, 4.69) is 58.7 Å². The quantitative estimate of drug-likeness (QED) is 0.127. The number of aliphatic hydroxyl groups excluding tert-OH is 1. The molecule has 2 fully saturated rings. The first kappa shape index (κ1) is 41.8. The molecule has 292 valence electrons. The molecule has 54 heavy (non-hydrogen) atoms. The molecule has 0 radical (unpaired) electrons. The second-order valence-electron chi connectivity index (χ2n) is 14.2. The van der Waals surface area contributed by atoms with E-state index in [4.69, 9.17) is 18.9 Å². The van der Waals surface area contributed by atoms with Crippen molar-refractivity contribution in [1.29, 1.82) is 0 Å². The predicted molar refractivity (Wildman–Crippen MR) is 215 cm³/mol. The molecule has 0 bridgehead atoms. The fourth-order valence-electron chi connectivity index (χ4n) is 7.41. The number of hydrogen-bond acceptors (Lipinski definition) is 9. The van der Waals surface area contributed by atoms with Crippen LogP contribution in [0.3, 0.4) is 0 Å². The van der Waals surface area contributed by atoms with Gasteiger partial charge in [0.25, 0.3) is 11.8 Å². The minimum Gasteiger partial charge on any atom is -0.493 e. The number of rotatable bonds is 13. The zero-order valence-electron chi connectivity index (χ0n) is 32.9. The molecule has 2 saturated heterocycles. The van der Waals surface area contributed by atoms with E-state index >= 15 is 0 Å². The molecule has 1 N–H and O–H groups in total. The second kappa shape index (κ2) is 19.4. The topological polar surface area (TPSA) is 113 Å². The molecule has 2 aromatic rings. The number of carbonyl (C=O) groups excluding carboxylic acids is 2. The van der Waals surface area contributed by atoms with Gasteiger partial charge in [0, 0.05) is 37.5 Å². The zero-order valence-corrected chi connectivity index (χ0v) is 32.9. The Morgan fingerprint density at radius 1 is 0.833 bits per heavy atom. The minimum absolute atomic E-state index is 0.00463. The Bertz CT molecular complexity index is 1720. The Morgan fingerprint density at radius 2 is 1.39 bits per heavy atom. The lowest BCUT2D eigenvalue weighted by atomic mass is 10.0. The minimum atomic E-state index is -0.865. The first-order chi connectivity index (χ1) is 26.1. The van der Waals surface area contributed by atoms with Crippen molar-refractivity contribution in [2.75, 3.05) is 45.4 Å². The van der Waals surface area contributed by atoms with Crippen LogP contribution in [0.15, 0.2) is 53.6 Å². The van der Waals surface area contributed by atoms with Gasteiger partial charge in [0.1, 0.15) is 6.23 Å². The van der Waals surface area contributed by atoms with Crippen LogP contribution in [-0.2, 0) is 0 Å². The number of methoxy groups -OCH3 is 2. The van der Waals surface area contributed by atoms with Crippen molar-refractivity contribution in [3.05, 3.63) is 59.7 Å². The summed E-state index contributed by atoms with van der Waals surface area (Å²) in [7, 11) is 3.13. The number of aliphatic hydroxyl groups is 1. The molecule has 2 unspecified atom stereocenters. The zero-order chi connectivity index (χ0) is 39.5. The van der Waals surface area contributed by atoms with E-state index in [0.29, 0.717) is 78.2 Å². The van der Waals surface area contributed by atoms with E-state index in [1.807, 2.05) is 17.2 Å². The van der Waals surface area contributed by atoms with Gasteiger partial charge in [-0.05, 0) is 57.6 Å². The molecule has 0 aliphatic carbocycles. The maximum Gasteiger partial charge on any atom is 0.257 e. The summed E-state index contributed by atoms with van der Waals surface area (Å²) in [5.74, 6) is 1.84. The number of benzene rings is 2. The molecular weight excluding hydrogens is 684 g/mol. The number of ether oxygens (including phenoxy) is 4. The van der Waals surface area contributed by atoms with Gasteiger partial charge in [0.15, 0.2) is 23.0 Å². The summed E-state index contributed by atoms with van der Waals surface area (Å²) in [4.78, 5) is 37.1. The Morgan fingerprint density at radius 3 is 2.00 bits per heavy atom. The molecule has 11 nitrogen and oxygen atoms in total. The van der Waals surface area contributed by atoms with Crippen LogP contribution in [0.2, 0.25) is 0 Å². The highest BCUT2D eigenvalue weighted by Gasteiger charge is 2.45. The van der Waals surface area contributed by atoms with Gasteiger partial charge in [-0.2, -0.15) is 0 Å². The van der Waals surface area contributed by atoms with Crippen molar-refractivity contribution in [3.63, 3.8) is 0 Å². The first-order valence-electron chi connectivity index (χ1n) is 19.0. The summed E-state index contributed by atoms with van der Waals surface area (Å²) < 4.78 is 23.6. The van der Waals surface area contributed by atoms with Gasteiger partial charge in [-0.3, -0.25) is 14.6 Å². The van der Waals surface area contributed by atoms with Crippen LogP contribution in [0.4, 0.5) is 11.4 Å². The summed E-state index contributed by atoms with van der Waals surface area (Å²) in [6.07, 6.45) is 15.7. The van der Waals surface area contributed by atoms with Gasteiger partial charge >= 0.3 is 0 Å². The molecule has 6 rings (SSSR count). The van der Waals surface area contributed by atoms with Crippen molar-refractivity contribution in [2.24, 2.45) is 4.99 Å². The lowest BCUT2D eigenvalue weighted by Gasteiger charge is -2.38. The number of unbranched alkanes of at least 4 members (excludes halogenated alkanes) is 2. The van der Waals surface area contributed by atoms with Crippen LogP contribution in [-0.4, -0.2) is 97.8 Å². The van der Waals surface area contributed by atoms with Crippen LogP contribution in [0.5, 0.6) is 23.0 Å². The highest BCUT2D eigenvalue weighted by Crippen LogP contribution is 2.43. The van der Waals surface area contributed by atoms with Crippen LogP contribution in [0, 0.1) is 12.8 Å². The molecule has 2 amide bonds. The molecule has 4 heterocycles. The van der Waals surface area contributed by atoms with Crippen LogP contribution in [0.25, 0.3) is 0 Å². The lowest BCUT2D eigenvalue weighted by Crippen LogP contribution is -2.51. The molecule has 11 heteroatoms. The third kappa shape index (κ3) is 9.04. The molecule has 4 atom stereocenters. The SMILES string of the molecule is C#C.C=C1CC2C=Nc3cc(OCCCCCOc4cc5c(cc4OC)C(=O)N4CC(=C)C[C@H]4[C@H](O)N5C(C)CCC)c(OC)cc3C(=O)N2C1.CCC. The predicted octanol–water partition coefficient (Wildman–Crippen LogP) is 7.58. The Labute approximate surface area is 321 Å². The molecule has 4 aliphatic heterocycles. The first-order valence-corrected chi connectivity index (χ1v) is 19.0. The number of carbonyl (C=O) groups is 2. The standard InChI is InChI=1S/C38H48N4O7.C3H8.C2H2/c1-7-11-25(4)42-30-19-35(33(47-6)17-28(30)37(44)41-22-24(3)15-31(41)38(42)45)49-13-10-8-9-12-48-34-18-29-27(16-32(34)46-5)36(43)40-21-23(2)14-26(40)20-39-29;1-3-2;1-2/h16-20,25-26,31,38,45H,2-3,7-15,21-22H2,1,4-6H3;3H2,1-2H3;1-2H/t25?,26?,31-,38-;;/m0../s1. The molecule has 0 saturated carbocycles. The summed E-state index contributed by atoms with van der Waals surface area (Å²) in [5, 5.41) is 11.6. The van der Waals surface area contributed by atoms with E-state index in [1.54, 1.807) is 42.2 Å². The monoisotopic (exact) mass is 742 g/mol.